The Hall–Kier alpha value is 0.790. The molecule has 0 amide bonds. The van der Waals surface area contributed by atoms with E-state index in [2.05, 4.69) is 33.0 Å². The van der Waals surface area contributed by atoms with E-state index < -0.39 is 0 Å². The monoisotopic (exact) mass is 249 g/mol. The number of hydrogen-bond donors (Lipinski definition) is 1. The fourth-order valence-corrected chi connectivity index (χ4v) is 4.26. The molecule has 1 saturated carbocycles. The lowest BCUT2D eigenvalue weighted by atomic mass is 9.89. The molecule has 70 valence electrons. The number of hydrogen-bond acceptors (Lipinski definition) is 2. The van der Waals surface area contributed by atoms with Crippen LogP contribution in [0.5, 0.6) is 0 Å². The van der Waals surface area contributed by atoms with Crippen molar-refractivity contribution in [1.82, 2.24) is 5.32 Å². The van der Waals surface area contributed by atoms with Crippen LogP contribution in [0.2, 0.25) is 0 Å². The van der Waals surface area contributed by atoms with Gasteiger partial charge in [-0.1, -0.05) is 35.2 Å². The smallest absolute Gasteiger partial charge is 0.0740 e. The summed E-state index contributed by atoms with van der Waals surface area (Å²) >= 11 is 5.72. The van der Waals surface area contributed by atoms with Crippen LogP contribution in [0.3, 0.4) is 0 Å². The Kier molecular flexibility index (Phi) is 3.38. The van der Waals surface area contributed by atoms with Crippen LogP contribution >= 0.6 is 27.7 Å². The van der Waals surface area contributed by atoms with Gasteiger partial charge in [0.1, 0.15) is 0 Å². The van der Waals surface area contributed by atoms with E-state index in [1.54, 1.807) is 0 Å². The molecular formula is C9H16BrNS. The maximum atomic E-state index is 3.65. The lowest BCUT2D eigenvalue weighted by Crippen LogP contribution is -2.29. The van der Waals surface area contributed by atoms with E-state index in [4.69, 9.17) is 0 Å². The highest BCUT2D eigenvalue weighted by atomic mass is 79.9. The summed E-state index contributed by atoms with van der Waals surface area (Å²) in [4.78, 5) is 0. The molecule has 2 atom stereocenters. The van der Waals surface area contributed by atoms with Crippen molar-refractivity contribution in [2.45, 2.75) is 41.6 Å². The van der Waals surface area contributed by atoms with E-state index in [0.717, 1.165) is 17.8 Å². The van der Waals surface area contributed by atoms with E-state index in [0.29, 0.717) is 4.16 Å². The highest BCUT2D eigenvalue weighted by Crippen LogP contribution is 2.37. The molecule has 2 aliphatic rings. The lowest BCUT2D eigenvalue weighted by Gasteiger charge is -2.26. The second-order valence-electron chi connectivity index (χ2n) is 3.77. The number of alkyl halides is 1. The van der Waals surface area contributed by atoms with Crippen molar-refractivity contribution in [2.24, 2.45) is 5.92 Å². The number of nitrogens with one attached hydrogen (secondary N) is 1. The molecule has 0 aromatic carbocycles. The van der Waals surface area contributed by atoms with Crippen molar-refractivity contribution < 1.29 is 0 Å². The Bertz CT molecular complexity index is 145. The summed E-state index contributed by atoms with van der Waals surface area (Å²) in [6.45, 7) is 1.14. The third-order valence-electron chi connectivity index (χ3n) is 2.85. The Morgan fingerprint density at radius 3 is 2.50 bits per heavy atom. The molecule has 12 heavy (non-hydrogen) atoms. The van der Waals surface area contributed by atoms with E-state index in [-0.39, 0.29) is 0 Å². The summed E-state index contributed by atoms with van der Waals surface area (Å²) in [5, 5.41) is 4.34. The van der Waals surface area contributed by atoms with Crippen LogP contribution in [-0.4, -0.2) is 16.1 Å². The number of rotatable bonds is 1. The second-order valence-corrected chi connectivity index (χ2v) is 6.83. The molecule has 0 radical (unpaired) electrons. The lowest BCUT2D eigenvalue weighted by molar-refractivity contribution is 0.332. The molecule has 0 aromatic rings. The fraction of sp³-hybridized carbons (Fsp3) is 1.00. The molecule has 0 aromatic heterocycles. The standard InChI is InChI=1S/C9H16BrNS/c10-8-6-11-9(12-8)7-4-2-1-3-5-7/h7-9,11H,1-6H2. The third-order valence-corrected chi connectivity index (χ3v) is 5.13. The Morgan fingerprint density at radius 2 is 1.92 bits per heavy atom. The maximum Gasteiger partial charge on any atom is 0.0740 e. The Labute approximate surface area is 87.2 Å². The molecule has 1 heterocycles. The van der Waals surface area contributed by atoms with Gasteiger partial charge in [-0.05, 0) is 18.8 Å². The highest BCUT2D eigenvalue weighted by Gasteiger charge is 2.30. The molecule has 1 N–H and O–H groups in total. The predicted molar refractivity (Wildman–Crippen MR) is 58.7 cm³/mol. The van der Waals surface area contributed by atoms with E-state index in [9.17, 15) is 0 Å². The van der Waals surface area contributed by atoms with E-state index in [1.165, 1.54) is 32.1 Å². The molecule has 1 saturated heterocycles. The fourth-order valence-electron chi connectivity index (χ4n) is 2.18. The van der Waals surface area contributed by atoms with Gasteiger partial charge in [0, 0.05) is 6.54 Å². The van der Waals surface area contributed by atoms with Crippen molar-refractivity contribution in [3.63, 3.8) is 0 Å². The summed E-state index contributed by atoms with van der Waals surface area (Å²) in [5.41, 5.74) is 0. The van der Waals surface area contributed by atoms with Gasteiger partial charge in [0.25, 0.3) is 0 Å². The van der Waals surface area contributed by atoms with Crippen LogP contribution in [0.25, 0.3) is 0 Å². The van der Waals surface area contributed by atoms with Crippen molar-refractivity contribution in [1.29, 1.82) is 0 Å². The van der Waals surface area contributed by atoms with Crippen molar-refractivity contribution >= 4 is 27.7 Å². The molecule has 1 nitrogen and oxygen atoms in total. The van der Waals surface area contributed by atoms with Gasteiger partial charge in [-0.15, -0.1) is 11.8 Å². The molecule has 2 fully saturated rings. The molecule has 0 bridgehead atoms. The van der Waals surface area contributed by atoms with Crippen molar-refractivity contribution in [2.75, 3.05) is 6.54 Å². The molecule has 0 spiro atoms. The maximum absolute atomic E-state index is 3.65. The first-order valence-electron chi connectivity index (χ1n) is 4.89. The summed E-state index contributed by atoms with van der Waals surface area (Å²) in [6, 6.07) is 0. The summed E-state index contributed by atoms with van der Waals surface area (Å²) in [6.07, 6.45) is 7.27. The molecular weight excluding hydrogens is 234 g/mol. The van der Waals surface area contributed by atoms with Gasteiger partial charge < -0.3 is 5.32 Å². The van der Waals surface area contributed by atoms with Gasteiger partial charge in [-0.3, -0.25) is 0 Å². The van der Waals surface area contributed by atoms with Crippen molar-refractivity contribution in [3.05, 3.63) is 0 Å². The SMILES string of the molecule is BrC1CNC(C2CCCCC2)S1. The minimum Gasteiger partial charge on any atom is -0.303 e. The zero-order valence-corrected chi connectivity index (χ0v) is 9.66. The van der Waals surface area contributed by atoms with Crippen LogP contribution in [0, 0.1) is 5.92 Å². The first-order chi connectivity index (χ1) is 5.86. The zero-order valence-electron chi connectivity index (χ0n) is 7.26. The van der Waals surface area contributed by atoms with Gasteiger partial charge in [-0.25, -0.2) is 0 Å². The molecule has 2 rings (SSSR count). The quantitative estimate of drug-likeness (QED) is 0.718. The number of halogens is 1. The van der Waals surface area contributed by atoms with Gasteiger partial charge in [-0.2, -0.15) is 0 Å². The summed E-state index contributed by atoms with van der Waals surface area (Å²) in [5.74, 6) is 0.950. The van der Waals surface area contributed by atoms with Gasteiger partial charge in [0.2, 0.25) is 0 Å². The molecule has 2 unspecified atom stereocenters. The third kappa shape index (κ3) is 2.18. The minimum atomic E-state index is 0.657. The molecule has 3 heteroatoms. The topological polar surface area (TPSA) is 12.0 Å². The van der Waals surface area contributed by atoms with Crippen LogP contribution in [0.4, 0.5) is 0 Å². The normalized spacial score (nSPS) is 38.8. The number of thioether (sulfide) groups is 1. The van der Waals surface area contributed by atoms with Crippen LogP contribution < -0.4 is 5.32 Å². The van der Waals surface area contributed by atoms with Gasteiger partial charge in [0.15, 0.2) is 0 Å². The first kappa shape index (κ1) is 9.35. The van der Waals surface area contributed by atoms with E-state index >= 15 is 0 Å². The predicted octanol–water partition coefficient (Wildman–Crippen LogP) is 2.95. The molecule has 1 aliphatic heterocycles. The average molecular weight is 250 g/mol. The second kappa shape index (κ2) is 4.34. The minimum absolute atomic E-state index is 0.657. The Balaban J connectivity index is 1.83. The first-order valence-corrected chi connectivity index (χ1v) is 6.75. The average Bonchev–Trinajstić information content (AvgIpc) is 2.54. The Morgan fingerprint density at radius 1 is 1.17 bits per heavy atom. The van der Waals surface area contributed by atoms with Crippen molar-refractivity contribution in [3.8, 4) is 0 Å². The van der Waals surface area contributed by atoms with E-state index in [1.807, 2.05) is 0 Å². The molecule has 1 aliphatic carbocycles. The van der Waals surface area contributed by atoms with Crippen LogP contribution in [-0.2, 0) is 0 Å². The highest BCUT2D eigenvalue weighted by molar-refractivity contribution is 9.11. The van der Waals surface area contributed by atoms with Crippen LogP contribution in [0.1, 0.15) is 32.1 Å². The summed E-state index contributed by atoms with van der Waals surface area (Å²) < 4.78 is 0.657. The van der Waals surface area contributed by atoms with Crippen LogP contribution in [0.15, 0.2) is 0 Å². The summed E-state index contributed by atoms with van der Waals surface area (Å²) in [7, 11) is 0. The van der Waals surface area contributed by atoms with Gasteiger partial charge in [0.05, 0.1) is 9.53 Å². The zero-order chi connectivity index (χ0) is 8.39. The largest absolute Gasteiger partial charge is 0.303 e. The van der Waals surface area contributed by atoms with Gasteiger partial charge >= 0.3 is 0 Å².